The smallest absolute Gasteiger partial charge is 0.339 e. The van der Waals surface area contributed by atoms with Gasteiger partial charge in [0.25, 0.3) is 0 Å². The van der Waals surface area contributed by atoms with Gasteiger partial charge < -0.3 is 24.7 Å². The summed E-state index contributed by atoms with van der Waals surface area (Å²) in [6.07, 6.45) is 2.29. The summed E-state index contributed by atoms with van der Waals surface area (Å²) in [7, 11) is 2.91. The van der Waals surface area contributed by atoms with Gasteiger partial charge in [-0.1, -0.05) is 30.3 Å². The quantitative estimate of drug-likeness (QED) is 0.648. The fourth-order valence-corrected chi connectivity index (χ4v) is 3.77. The topological polar surface area (TPSA) is 96.6 Å². The number of nitrogens with zero attached hydrogens (tertiary/aromatic N) is 2. The minimum absolute atomic E-state index is 0.291. The van der Waals surface area contributed by atoms with Crippen molar-refractivity contribution in [3.63, 3.8) is 0 Å². The number of aromatic amines is 1. The van der Waals surface area contributed by atoms with Crippen LogP contribution in [-0.2, 0) is 11.2 Å². The maximum atomic E-state index is 13.3. The van der Waals surface area contributed by atoms with Crippen LogP contribution in [0, 0.1) is 0 Å². The molecule has 1 atom stereocenters. The lowest BCUT2D eigenvalue weighted by molar-refractivity contribution is 0.0602. The van der Waals surface area contributed by atoms with Crippen molar-refractivity contribution in [1.29, 1.82) is 0 Å². The van der Waals surface area contributed by atoms with Crippen LogP contribution in [0.5, 0.6) is 5.75 Å². The molecule has 2 aromatic carbocycles. The Bertz CT molecular complexity index is 1080. The van der Waals surface area contributed by atoms with Gasteiger partial charge in [-0.05, 0) is 18.2 Å². The number of anilines is 1. The van der Waals surface area contributed by atoms with Crippen LogP contribution in [0.15, 0.2) is 54.9 Å². The summed E-state index contributed by atoms with van der Waals surface area (Å²) in [6, 6.07) is 13.6. The number of nitrogens with one attached hydrogen (secondary N) is 2. The molecule has 30 heavy (non-hydrogen) atoms. The molecule has 8 nitrogen and oxygen atoms in total. The number of para-hydroxylation sites is 2. The third-order valence-corrected chi connectivity index (χ3v) is 5.19. The Morgan fingerprint density at radius 1 is 1.13 bits per heavy atom. The van der Waals surface area contributed by atoms with Crippen molar-refractivity contribution in [3.8, 4) is 5.75 Å². The molecular formula is C22H22N4O4. The molecule has 3 aromatic rings. The normalized spacial score (nSPS) is 15.3. The second kappa shape index (κ2) is 8.28. The van der Waals surface area contributed by atoms with Gasteiger partial charge in [-0.3, -0.25) is 0 Å². The Morgan fingerprint density at radius 3 is 2.70 bits per heavy atom. The van der Waals surface area contributed by atoms with Crippen LogP contribution < -0.4 is 10.1 Å². The number of hydrogen-bond acceptors (Lipinski definition) is 5. The lowest BCUT2D eigenvalue weighted by Crippen LogP contribution is -2.43. The first kappa shape index (κ1) is 19.5. The molecule has 4 rings (SSSR count). The first-order valence-electron chi connectivity index (χ1n) is 9.54. The minimum Gasteiger partial charge on any atom is -0.496 e. The zero-order chi connectivity index (χ0) is 21.1. The number of ether oxygens (including phenoxy) is 2. The largest absolute Gasteiger partial charge is 0.496 e. The van der Waals surface area contributed by atoms with Crippen LogP contribution in [0.25, 0.3) is 0 Å². The van der Waals surface area contributed by atoms with Crippen molar-refractivity contribution < 1.29 is 19.1 Å². The van der Waals surface area contributed by atoms with Crippen molar-refractivity contribution in [3.05, 3.63) is 77.4 Å². The van der Waals surface area contributed by atoms with Gasteiger partial charge in [0.2, 0.25) is 0 Å². The van der Waals surface area contributed by atoms with Crippen molar-refractivity contribution in [2.75, 3.05) is 26.1 Å². The van der Waals surface area contributed by atoms with Gasteiger partial charge in [-0.25, -0.2) is 14.6 Å². The van der Waals surface area contributed by atoms with E-state index in [4.69, 9.17) is 9.47 Å². The number of carbonyl (C=O) groups excluding carboxylic acids is 2. The molecule has 1 unspecified atom stereocenters. The Kier molecular flexibility index (Phi) is 5.38. The number of fused-ring (bicyclic) bond motifs is 1. The molecule has 1 aliphatic rings. The molecule has 0 bridgehead atoms. The number of aromatic nitrogens is 2. The van der Waals surface area contributed by atoms with Gasteiger partial charge in [-0.2, -0.15) is 0 Å². The number of carbonyl (C=O) groups is 2. The SMILES string of the molecule is COC(=O)c1ccccc1NC(=O)N1CCc2[nH]cnc2C1c1ccccc1OC. The van der Waals surface area contributed by atoms with Crippen LogP contribution in [0.2, 0.25) is 0 Å². The van der Waals surface area contributed by atoms with Gasteiger partial charge in [0.15, 0.2) is 0 Å². The molecule has 0 fully saturated rings. The maximum Gasteiger partial charge on any atom is 0.339 e. The lowest BCUT2D eigenvalue weighted by atomic mass is 9.95. The van der Waals surface area contributed by atoms with E-state index in [0.717, 1.165) is 17.0 Å². The Hall–Kier alpha value is -3.81. The molecule has 0 saturated heterocycles. The fourth-order valence-electron chi connectivity index (χ4n) is 3.77. The van der Waals surface area contributed by atoms with Crippen molar-refractivity contribution in [2.45, 2.75) is 12.5 Å². The molecule has 1 aromatic heterocycles. The molecule has 2 amide bonds. The standard InChI is InChI=1S/C22H22N4O4/c1-29-18-10-6-4-8-15(18)20-19-17(23-13-24-19)11-12-26(20)22(28)25-16-9-5-3-7-14(16)21(27)30-2/h3-10,13,20H,11-12H2,1-2H3,(H,23,24)(H,25,28). The molecule has 0 radical (unpaired) electrons. The Morgan fingerprint density at radius 2 is 1.90 bits per heavy atom. The van der Waals surface area contributed by atoms with Crippen LogP contribution in [0.3, 0.4) is 0 Å². The first-order valence-corrected chi connectivity index (χ1v) is 9.54. The van der Waals surface area contributed by atoms with E-state index in [1.54, 1.807) is 42.6 Å². The Balaban J connectivity index is 1.71. The molecule has 0 spiro atoms. The van der Waals surface area contributed by atoms with E-state index < -0.39 is 12.0 Å². The predicted octanol–water partition coefficient (Wildman–Crippen LogP) is 3.38. The third-order valence-electron chi connectivity index (χ3n) is 5.19. The molecule has 2 heterocycles. The second-order valence-electron chi connectivity index (χ2n) is 6.82. The highest BCUT2D eigenvalue weighted by molar-refractivity contribution is 6.01. The number of imidazole rings is 1. The van der Waals surface area contributed by atoms with E-state index in [1.165, 1.54) is 7.11 Å². The van der Waals surface area contributed by atoms with Crippen LogP contribution in [0.4, 0.5) is 10.5 Å². The second-order valence-corrected chi connectivity index (χ2v) is 6.82. The van der Waals surface area contributed by atoms with Gasteiger partial charge in [0.1, 0.15) is 11.8 Å². The minimum atomic E-state index is -0.514. The first-order chi connectivity index (χ1) is 14.6. The van der Waals surface area contributed by atoms with Crippen molar-refractivity contribution in [2.24, 2.45) is 0 Å². The summed E-state index contributed by atoms with van der Waals surface area (Å²) < 4.78 is 10.4. The molecule has 8 heteroatoms. The number of urea groups is 1. The van der Waals surface area contributed by atoms with E-state index in [0.29, 0.717) is 30.0 Å². The number of amides is 2. The number of methoxy groups -OCH3 is 2. The average Bonchev–Trinajstić information content (AvgIpc) is 3.27. The van der Waals surface area contributed by atoms with Crippen LogP contribution >= 0.6 is 0 Å². The molecule has 0 aliphatic carbocycles. The summed E-state index contributed by atoms with van der Waals surface area (Å²) in [5, 5.41) is 2.86. The highest BCUT2D eigenvalue weighted by Gasteiger charge is 2.36. The number of hydrogen-bond donors (Lipinski definition) is 2. The van der Waals surface area contributed by atoms with E-state index in [2.05, 4.69) is 15.3 Å². The monoisotopic (exact) mass is 406 g/mol. The lowest BCUT2D eigenvalue weighted by Gasteiger charge is -2.35. The van der Waals surface area contributed by atoms with Crippen LogP contribution in [-0.4, -0.2) is 47.6 Å². The summed E-state index contributed by atoms with van der Waals surface area (Å²) >= 11 is 0. The third kappa shape index (κ3) is 3.47. The van der Waals surface area contributed by atoms with E-state index in [1.807, 2.05) is 24.3 Å². The number of benzene rings is 2. The van der Waals surface area contributed by atoms with E-state index in [9.17, 15) is 9.59 Å². The summed E-state index contributed by atoms with van der Waals surface area (Å²) in [4.78, 5) is 34.8. The zero-order valence-electron chi connectivity index (χ0n) is 16.7. The summed E-state index contributed by atoms with van der Waals surface area (Å²) in [6.45, 7) is 0.476. The highest BCUT2D eigenvalue weighted by Crippen LogP contribution is 2.38. The summed E-state index contributed by atoms with van der Waals surface area (Å²) in [5.41, 5.74) is 3.29. The molecule has 2 N–H and O–H groups in total. The number of H-pyrrole nitrogens is 1. The molecule has 154 valence electrons. The van der Waals surface area contributed by atoms with Gasteiger partial charge >= 0.3 is 12.0 Å². The van der Waals surface area contributed by atoms with E-state index in [-0.39, 0.29) is 6.03 Å². The maximum absolute atomic E-state index is 13.3. The fraction of sp³-hybridized carbons (Fsp3) is 0.227. The molecule has 0 saturated carbocycles. The number of rotatable bonds is 4. The van der Waals surface area contributed by atoms with E-state index >= 15 is 0 Å². The van der Waals surface area contributed by atoms with Crippen LogP contribution in [0.1, 0.15) is 33.4 Å². The van der Waals surface area contributed by atoms with Crippen molar-refractivity contribution >= 4 is 17.7 Å². The van der Waals surface area contributed by atoms with Gasteiger partial charge in [-0.15, -0.1) is 0 Å². The molecule has 1 aliphatic heterocycles. The zero-order valence-corrected chi connectivity index (χ0v) is 16.7. The molecular weight excluding hydrogens is 384 g/mol. The van der Waals surface area contributed by atoms with Gasteiger partial charge in [0, 0.05) is 24.2 Å². The highest BCUT2D eigenvalue weighted by atomic mass is 16.5. The van der Waals surface area contributed by atoms with Gasteiger partial charge in [0.05, 0.1) is 37.5 Å². The summed E-state index contributed by atoms with van der Waals surface area (Å²) in [5.74, 6) is 0.159. The van der Waals surface area contributed by atoms with Crippen molar-refractivity contribution in [1.82, 2.24) is 14.9 Å². The predicted molar refractivity (Wildman–Crippen MR) is 111 cm³/mol. The average molecular weight is 406 g/mol. The Labute approximate surface area is 173 Å². The number of esters is 1.